The number of anilines is 1. The monoisotopic (exact) mass is 486 g/mol. The minimum atomic E-state index is -4.04. The van der Waals surface area contributed by atoms with Crippen LogP contribution in [-0.2, 0) is 10.0 Å². The highest BCUT2D eigenvalue weighted by Gasteiger charge is 2.25. The van der Waals surface area contributed by atoms with Crippen LogP contribution in [0.1, 0.15) is 28.9 Å². The van der Waals surface area contributed by atoms with Crippen LogP contribution < -0.4 is 4.72 Å². The third kappa shape index (κ3) is 4.32. The number of carbonyl (C=O) groups is 1. The van der Waals surface area contributed by atoms with Gasteiger partial charge in [-0.05, 0) is 42.8 Å². The SMILES string of the molecule is C[C@H](c1ccccc1)N(C)C(=O)c1cc(Cl)ccc1NS(=O)(=O)c1cccc2nsnc12. The average molecular weight is 487 g/mol. The number of hydrogen-bond acceptors (Lipinski definition) is 6. The first-order valence-corrected chi connectivity index (χ1v) is 12.2. The van der Waals surface area contributed by atoms with Gasteiger partial charge in [0.2, 0.25) is 0 Å². The summed E-state index contributed by atoms with van der Waals surface area (Å²) in [7, 11) is -2.37. The lowest BCUT2D eigenvalue weighted by Gasteiger charge is -2.26. The van der Waals surface area contributed by atoms with Crippen LogP contribution in [0, 0.1) is 0 Å². The molecule has 0 spiro atoms. The summed E-state index contributed by atoms with van der Waals surface area (Å²) in [6.07, 6.45) is 0. The van der Waals surface area contributed by atoms with E-state index in [9.17, 15) is 13.2 Å². The molecule has 4 aromatic rings. The van der Waals surface area contributed by atoms with Crippen molar-refractivity contribution >= 4 is 56.0 Å². The van der Waals surface area contributed by atoms with E-state index in [0.29, 0.717) is 10.5 Å². The molecule has 1 amide bonds. The number of nitrogens with zero attached hydrogens (tertiary/aromatic N) is 3. The number of sulfonamides is 1. The fourth-order valence-corrected chi connectivity index (χ4v) is 5.32. The van der Waals surface area contributed by atoms with E-state index >= 15 is 0 Å². The quantitative estimate of drug-likeness (QED) is 0.415. The summed E-state index contributed by atoms with van der Waals surface area (Å²) >= 11 is 7.08. The van der Waals surface area contributed by atoms with Crippen LogP contribution in [0.4, 0.5) is 5.69 Å². The number of rotatable bonds is 6. The Labute approximate surface area is 195 Å². The molecule has 0 unspecified atom stereocenters. The number of aromatic nitrogens is 2. The lowest BCUT2D eigenvalue weighted by Crippen LogP contribution is -2.30. The van der Waals surface area contributed by atoms with Crippen molar-refractivity contribution in [1.29, 1.82) is 0 Å². The zero-order valence-corrected chi connectivity index (χ0v) is 19.6. The number of nitrogens with one attached hydrogen (secondary N) is 1. The van der Waals surface area contributed by atoms with Gasteiger partial charge in [-0.15, -0.1) is 0 Å². The van der Waals surface area contributed by atoms with Crippen LogP contribution in [0.15, 0.2) is 71.6 Å². The van der Waals surface area contributed by atoms with E-state index in [1.807, 2.05) is 37.3 Å². The Bertz CT molecular complexity index is 1390. The number of fused-ring (bicyclic) bond motifs is 1. The Morgan fingerprint density at radius 2 is 1.81 bits per heavy atom. The molecule has 1 heterocycles. The maximum atomic E-state index is 13.3. The molecule has 1 aromatic heterocycles. The van der Waals surface area contributed by atoms with E-state index in [2.05, 4.69) is 13.5 Å². The molecule has 0 saturated heterocycles. The van der Waals surface area contributed by atoms with Crippen LogP contribution >= 0.6 is 23.3 Å². The molecule has 32 heavy (non-hydrogen) atoms. The second kappa shape index (κ2) is 8.85. The normalized spacial score (nSPS) is 12.5. The van der Waals surface area contributed by atoms with Gasteiger partial charge >= 0.3 is 0 Å². The molecule has 4 rings (SSSR count). The van der Waals surface area contributed by atoms with E-state index in [-0.39, 0.29) is 33.6 Å². The smallest absolute Gasteiger partial charge is 0.264 e. The van der Waals surface area contributed by atoms with Crippen molar-refractivity contribution in [2.24, 2.45) is 0 Å². The molecular weight excluding hydrogens is 468 g/mol. The zero-order chi connectivity index (χ0) is 22.9. The molecule has 3 aromatic carbocycles. The van der Waals surface area contributed by atoms with Crippen molar-refractivity contribution in [2.75, 3.05) is 11.8 Å². The van der Waals surface area contributed by atoms with Gasteiger partial charge in [-0.2, -0.15) is 8.75 Å². The van der Waals surface area contributed by atoms with Gasteiger partial charge in [0.1, 0.15) is 15.9 Å². The molecule has 0 bridgehead atoms. The lowest BCUT2D eigenvalue weighted by molar-refractivity contribution is 0.0743. The largest absolute Gasteiger partial charge is 0.335 e. The van der Waals surface area contributed by atoms with Gasteiger partial charge in [0, 0.05) is 12.1 Å². The maximum absolute atomic E-state index is 13.3. The Kier molecular flexibility index (Phi) is 6.14. The summed E-state index contributed by atoms with van der Waals surface area (Å²) in [4.78, 5) is 14.9. The van der Waals surface area contributed by atoms with Gasteiger partial charge in [0.25, 0.3) is 15.9 Å². The van der Waals surface area contributed by atoms with Crippen molar-refractivity contribution < 1.29 is 13.2 Å². The second-order valence-electron chi connectivity index (χ2n) is 7.19. The molecule has 0 aliphatic rings. The number of hydrogen-bond donors (Lipinski definition) is 1. The molecule has 164 valence electrons. The average Bonchev–Trinajstić information content (AvgIpc) is 3.28. The molecule has 0 radical (unpaired) electrons. The highest BCUT2D eigenvalue weighted by Crippen LogP contribution is 2.29. The molecule has 0 aliphatic carbocycles. The predicted octanol–water partition coefficient (Wildman–Crippen LogP) is 4.98. The highest BCUT2D eigenvalue weighted by atomic mass is 35.5. The first kappa shape index (κ1) is 22.2. The minimum Gasteiger partial charge on any atom is -0.335 e. The lowest BCUT2D eigenvalue weighted by atomic mass is 10.1. The van der Waals surface area contributed by atoms with Crippen LogP contribution in [0.3, 0.4) is 0 Å². The van der Waals surface area contributed by atoms with E-state index in [4.69, 9.17) is 11.6 Å². The van der Waals surface area contributed by atoms with E-state index in [1.54, 1.807) is 24.1 Å². The third-order valence-corrected chi connectivity index (χ3v) is 7.35. The number of benzene rings is 3. The van der Waals surface area contributed by atoms with Gasteiger partial charge < -0.3 is 4.90 Å². The van der Waals surface area contributed by atoms with Gasteiger partial charge in [-0.25, -0.2) is 8.42 Å². The van der Waals surface area contributed by atoms with Crippen LogP contribution in [0.25, 0.3) is 11.0 Å². The Balaban J connectivity index is 1.69. The summed E-state index contributed by atoms with van der Waals surface area (Å²) in [6.45, 7) is 1.90. The fraction of sp³-hybridized carbons (Fsp3) is 0.136. The van der Waals surface area contributed by atoms with Crippen molar-refractivity contribution in [3.63, 3.8) is 0 Å². The zero-order valence-electron chi connectivity index (χ0n) is 17.2. The van der Waals surface area contributed by atoms with Crippen molar-refractivity contribution in [3.8, 4) is 0 Å². The topological polar surface area (TPSA) is 92.3 Å². The Hall–Kier alpha value is -3.01. The molecule has 10 heteroatoms. The first-order valence-electron chi connectivity index (χ1n) is 9.63. The molecule has 7 nitrogen and oxygen atoms in total. The number of carbonyl (C=O) groups excluding carboxylic acids is 1. The molecule has 0 aliphatic heterocycles. The molecule has 0 fully saturated rings. The minimum absolute atomic E-state index is 0.0110. The highest BCUT2D eigenvalue weighted by molar-refractivity contribution is 7.93. The molecule has 1 atom stereocenters. The van der Waals surface area contributed by atoms with Crippen LogP contribution in [-0.4, -0.2) is 35.0 Å². The summed E-state index contributed by atoms with van der Waals surface area (Å²) in [5.74, 6) is -0.366. The fourth-order valence-electron chi connectivity index (χ4n) is 3.30. The third-order valence-electron chi connectivity index (χ3n) is 5.18. The molecule has 1 N–H and O–H groups in total. The summed E-state index contributed by atoms with van der Waals surface area (Å²) in [5, 5.41) is 0.322. The number of halogens is 1. The standard InChI is InChI=1S/C22H19ClN4O3S2/c1-14(15-7-4-3-5-8-15)27(2)22(28)17-13-16(23)11-12-18(17)26-32(29,30)20-10-6-9-19-21(20)25-31-24-19/h3-14,26H,1-2H3/t14-/m1/s1. The van der Waals surface area contributed by atoms with E-state index in [1.165, 1.54) is 24.3 Å². The maximum Gasteiger partial charge on any atom is 0.264 e. The summed E-state index contributed by atoms with van der Waals surface area (Å²) in [5.41, 5.74) is 2.00. The molecule has 0 saturated carbocycles. The van der Waals surface area contributed by atoms with Crippen molar-refractivity contribution in [3.05, 3.63) is 82.9 Å². The van der Waals surface area contributed by atoms with Crippen molar-refractivity contribution in [1.82, 2.24) is 13.6 Å². The van der Waals surface area contributed by atoms with Crippen LogP contribution in [0.2, 0.25) is 5.02 Å². The van der Waals surface area contributed by atoms with Crippen molar-refractivity contribution in [2.45, 2.75) is 17.9 Å². The van der Waals surface area contributed by atoms with Crippen LogP contribution in [0.5, 0.6) is 0 Å². The second-order valence-corrected chi connectivity index (χ2v) is 9.80. The van der Waals surface area contributed by atoms with Gasteiger partial charge in [0.05, 0.1) is 29.0 Å². The summed E-state index contributed by atoms with van der Waals surface area (Å²) < 4.78 is 37.0. The number of amides is 1. The predicted molar refractivity (Wildman–Crippen MR) is 127 cm³/mol. The van der Waals surface area contributed by atoms with E-state index < -0.39 is 10.0 Å². The van der Waals surface area contributed by atoms with Gasteiger partial charge in [-0.3, -0.25) is 9.52 Å². The van der Waals surface area contributed by atoms with Gasteiger partial charge in [0.15, 0.2) is 0 Å². The molecular formula is C22H19ClN4O3S2. The Morgan fingerprint density at radius 1 is 1.06 bits per heavy atom. The summed E-state index contributed by atoms with van der Waals surface area (Å²) in [6, 6.07) is 18.5. The Morgan fingerprint density at radius 3 is 2.56 bits per heavy atom. The van der Waals surface area contributed by atoms with Gasteiger partial charge in [-0.1, -0.05) is 48.0 Å². The first-order chi connectivity index (χ1) is 15.3. The van der Waals surface area contributed by atoms with E-state index in [0.717, 1.165) is 17.3 Å².